The molecule has 112 valence electrons. The monoisotopic (exact) mass is 291 g/mol. The van der Waals surface area contributed by atoms with Crippen LogP contribution in [-0.4, -0.2) is 33.3 Å². The Hall–Kier alpha value is -2.57. The summed E-state index contributed by atoms with van der Waals surface area (Å²) in [7, 11) is 0. The molecule has 0 saturated carbocycles. The third-order valence-electron chi connectivity index (χ3n) is 3.10. The number of hydrogen-bond acceptors (Lipinski definition) is 4. The number of rotatable bonds is 5. The van der Waals surface area contributed by atoms with Gasteiger partial charge in [0.15, 0.2) is 0 Å². The number of aromatic nitrogens is 2. The maximum atomic E-state index is 11.1. The van der Waals surface area contributed by atoms with Crippen molar-refractivity contribution in [1.29, 1.82) is 0 Å². The van der Waals surface area contributed by atoms with Gasteiger partial charge in [0.2, 0.25) is 0 Å². The van der Waals surface area contributed by atoms with Gasteiger partial charge in [-0.15, -0.1) is 0 Å². The van der Waals surface area contributed by atoms with E-state index in [-0.39, 0.29) is 18.1 Å². The zero-order valence-corrected chi connectivity index (χ0v) is 11.9. The molecule has 0 atom stereocenters. The van der Waals surface area contributed by atoms with Gasteiger partial charge in [-0.2, -0.15) is 0 Å². The lowest BCUT2D eigenvalue weighted by Crippen LogP contribution is -2.18. The van der Waals surface area contributed by atoms with Gasteiger partial charge in [0, 0.05) is 5.92 Å². The molecular formula is C14H17N3O4. The molecule has 7 heteroatoms. The molecule has 0 radical (unpaired) electrons. The van der Waals surface area contributed by atoms with Crippen LogP contribution in [0.1, 0.15) is 35.9 Å². The summed E-state index contributed by atoms with van der Waals surface area (Å²) < 4.78 is 6.61. The van der Waals surface area contributed by atoms with Crippen LogP contribution in [0, 0.1) is 0 Å². The van der Waals surface area contributed by atoms with Gasteiger partial charge in [-0.3, -0.25) is 0 Å². The molecule has 3 N–H and O–H groups in total. The highest BCUT2D eigenvalue weighted by molar-refractivity contribution is 5.92. The van der Waals surface area contributed by atoms with Crippen molar-refractivity contribution >= 4 is 23.1 Å². The van der Waals surface area contributed by atoms with Gasteiger partial charge < -0.3 is 20.1 Å². The van der Waals surface area contributed by atoms with Crippen molar-refractivity contribution in [3.63, 3.8) is 0 Å². The highest BCUT2D eigenvalue weighted by atomic mass is 16.5. The summed E-state index contributed by atoms with van der Waals surface area (Å²) in [4.78, 5) is 26.2. The minimum atomic E-state index is -0.996. The second kappa shape index (κ2) is 5.82. The topological polar surface area (TPSA) is 107 Å². The van der Waals surface area contributed by atoms with Crippen LogP contribution in [0.2, 0.25) is 0 Å². The van der Waals surface area contributed by atoms with Crippen molar-refractivity contribution in [2.24, 2.45) is 5.73 Å². The summed E-state index contributed by atoms with van der Waals surface area (Å²) in [6.07, 6.45) is -0.836. The van der Waals surface area contributed by atoms with Crippen LogP contribution in [0.25, 0.3) is 11.0 Å². The fourth-order valence-electron chi connectivity index (χ4n) is 2.19. The average Bonchev–Trinajstić information content (AvgIpc) is 2.76. The van der Waals surface area contributed by atoms with Crippen LogP contribution in [0.4, 0.5) is 4.79 Å². The molecule has 1 amide bonds. The Labute approximate surface area is 121 Å². The third kappa shape index (κ3) is 3.13. The number of carbonyl (C=O) groups excluding carboxylic acids is 1. The van der Waals surface area contributed by atoms with E-state index in [9.17, 15) is 9.59 Å². The molecule has 0 bridgehead atoms. The molecule has 1 aromatic heterocycles. The van der Waals surface area contributed by atoms with E-state index in [2.05, 4.69) is 4.98 Å². The normalized spacial score (nSPS) is 11.0. The second-order valence-corrected chi connectivity index (χ2v) is 4.95. The average molecular weight is 291 g/mol. The first-order valence-electron chi connectivity index (χ1n) is 6.56. The van der Waals surface area contributed by atoms with Crippen molar-refractivity contribution < 1.29 is 19.4 Å². The number of hydrogen-bond donors (Lipinski definition) is 2. The molecule has 1 heterocycles. The molecule has 0 saturated heterocycles. The Balaban J connectivity index is 2.46. The number of carboxylic acid groups (broad SMARTS) is 1. The summed E-state index contributed by atoms with van der Waals surface area (Å²) in [5.41, 5.74) is 6.54. The molecule has 0 aliphatic heterocycles. The van der Waals surface area contributed by atoms with Crippen LogP contribution in [0.5, 0.6) is 0 Å². The van der Waals surface area contributed by atoms with Gasteiger partial charge in [-0.05, 0) is 18.2 Å². The number of nitrogens with two attached hydrogens (primary N) is 1. The molecule has 2 rings (SSSR count). The molecular weight excluding hydrogens is 274 g/mol. The van der Waals surface area contributed by atoms with Crippen LogP contribution in [-0.2, 0) is 11.3 Å². The predicted octanol–water partition coefficient (Wildman–Crippen LogP) is 1.95. The van der Waals surface area contributed by atoms with Crippen molar-refractivity contribution in [2.75, 3.05) is 6.61 Å². The van der Waals surface area contributed by atoms with Gasteiger partial charge in [0.05, 0.1) is 23.1 Å². The van der Waals surface area contributed by atoms with Crippen molar-refractivity contribution in [3.8, 4) is 0 Å². The summed E-state index contributed by atoms with van der Waals surface area (Å²) in [6.45, 7) is 4.46. The fraction of sp³-hybridized carbons (Fsp3) is 0.357. The second-order valence-electron chi connectivity index (χ2n) is 4.95. The van der Waals surface area contributed by atoms with E-state index < -0.39 is 12.1 Å². The number of carbonyl (C=O) groups is 2. The number of ether oxygens (including phenoxy) is 1. The van der Waals surface area contributed by atoms with E-state index in [0.29, 0.717) is 17.6 Å². The molecule has 0 spiro atoms. The molecule has 0 fully saturated rings. The van der Waals surface area contributed by atoms with E-state index in [0.717, 1.165) is 5.82 Å². The maximum absolute atomic E-state index is 11.1. The van der Waals surface area contributed by atoms with Gasteiger partial charge in [-0.25, -0.2) is 14.6 Å². The standard InChI is InChI=1S/C14H17N3O4/c1-8(2)12-16-10-4-3-9(13(18)19)7-11(10)17(12)5-6-21-14(15)20/h3-4,7-8H,5-6H2,1-2H3,(H2,15,20)(H,18,19). The van der Waals surface area contributed by atoms with Crippen molar-refractivity contribution in [3.05, 3.63) is 29.6 Å². The number of amides is 1. The first-order chi connectivity index (χ1) is 9.90. The largest absolute Gasteiger partial charge is 0.478 e. The van der Waals surface area contributed by atoms with Crippen LogP contribution >= 0.6 is 0 Å². The smallest absolute Gasteiger partial charge is 0.404 e. The molecule has 1 aromatic carbocycles. The minimum Gasteiger partial charge on any atom is -0.478 e. The predicted molar refractivity (Wildman–Crippen MR) is 76.3 cm³/mol. The van der Waals surface area contributed by atoms with E-state index in [1.165, 1.54) is 6.07 Å². The summed E-state index contributed by atoms with van der Waals surface area (Å²) in [5, 5.41) is 9.08. The number of benzene rings is 1. The summed E-state index contributed by atoms with van der Waals surface area (Å²) in [5.74, 6) is -0.0380. The number of carboxylic acids is 1. The van der Waals surface area contributed by atoms with Gasteiger partial charge in [0.1, 0.15) is 12.4 Å². The van der Waals surface area contributed by atoms with Crippen LogP contribution in [0.3, 0.4) is 0 Å². The van der Waals surface area contributed by atoms with Gasteiger partial charge >= 0.3 is 12.1 Å². The summed E-state index contributed by atoms with van der Waals surface area (Å²) in [6, 6.07) is 4.77. The highest BCUT2D eigenvalue weighted by Crippen LogP contribution is 2.23. The minimum absolute atomic E-state index is 0.109. The van der Waals surface area contributed by atoms with E-state index in [1.54, 1.807) is 12.1 Å². The Morgan fingerprint density at radius 2 is 2.14 bits per heavy atom. The third-order valence-corrected chi connectivity index (χ3v) is 3.10. The zero-order chi connectivity index (χ0) is 15.6. The fourth-order valence-corrected chi connectivity index (χ4v) is 2.19. The number of nitrogens with zero attached hydrogens (tertiary/aromatic N) is 2. The SMILES string of the molecule is CC(C)c1nc2ccc(C(=O)O)cc2n1CCOC(N)=O. The van der Waals surface area contributed by atoms with E-state index in [1.807, 2.05) is 18.4 Å². The van der Waals surface area contributed by atoms with Crippen LogP contribution < -0.4 is 5.73 Å². The molecule has 2 aromatic rings. The maximum Gasteiger partial charge on any atom is 0.404 e. The van der Waals surface area contributed by atoms with E-state index >= 15 is 0 Å². The molecule has 0 aliphatic rings. The quantitative estimate of drug-likeness (QED) is 0.875. The lowest BCUT2D eigenvalue weighted by atomic mass is 10.2. The lowest BCUT2D eigenvalue weighted by Gasteiger charge is -2.11. The number of aromatic carboxylic acids is 1. The highest BCUT2D eigenvalue weighted by Gasteiger charge is 2.15. The molecule has 0 aliphatic carbocycles. The molecule has 7 nitrogen and oxygen atoms in total. The molecule has 0 unspecified atom stereocenters. The first-order valence-corrected chi connectivity index (χ1v) is 6.56. The Morgan fingerprint density at radius 3 is 2.71 bits per heavy atom. The lowest BCUT2D eigenvalue weighted by molar-refractivity contribution is 0.0697. The van der Waals surface area contributed by atoms with Gasteiger partial charge in [0.25, 0.3) is 0 Å². The Morgan fingerprint density at radius 1 is 1.43 bits per heavy atom. The summed E-state index contributed by atoms with van der Waals surface area (Å²) >= 11 is 0. The Kier molecular flexibility index (Phi) is 4.11. The number of primary amides is 1. The van der Waals surface area contributed by atoms with Crippen LogP contribution in [0.15, 0.2) is 18.2 Å². The zero-order valence-electron chi connectivity index (χ0n) is 11.9. The van der Waals surface area contributed by atoms with Crippen molar-refractivity contribution in [2.45, 2.75) is 26.3 Å². The molecule has 21 heavy (non-hydrogen) atoms. The first kappa shape index (κ1) is 14.8. The van der Waals surface area contributed by atoms with E-state index in [4.69, 9.17) is 15.6 Å². The number of fused-ring (bicyclic) bond motifs is 1. The number of imidazole rings is 1. The Bertz CT molecular complexity index is 691. The van der Waals surface area contributed by atoms with Crippen molar-refractivity contribution in [1.82, 2.24) is 9.55 Å². The van der Waals surface area contributed by atoms with Gasteiger partial charge in [-0.1, -0.05) is 13.8 Å².